The Kier molecular flexibility index (Phi) is 9.82. The number of amidine groups is 1. The Hall–Kier alpha value is -4.02. The predicted molar refractivity (Wildman–Crippen MR) is 157 cm³/mol. The van der Waals surface area contributed by atoms with Crippen LogP contribution < -0.4 is 10.1 Å². The topological polar surface area (TPSA) is 101 Å². The number of pyridine rings is 1. The summed E-state index contributed by atoms with van der Waals surface area (Å²) in [5.74, 6) is 2.30. The highest BCUT2D eigenvalue weighted by molar-refractivity contribution is 6.53. The van der Waals surface area contributed by atoms with Crippen LogP contribution in [0.3, 0.4) is 0 Å². The van der Waals surface area contributed by atoms with Gasteiger partial charge in [0.05, 0.1) is 23.9 Å². The van der Waals surface area contributed by atoms with Gasteiger partial charge < -0.3 is 19.7 Å². The largest absolute Gasteiger partial charge is 0.456 e. The Morgan fingerprint density at radius 1 is 1.21 bits per heavy atom. The maximum absolute atomic E-state index is 6.53. The fourth-order valence-corrected chi connectivity index (χ4v) is 3.83. The average Bonchev–Trinajstić information content (AvgIpc) is 3.44. The standard InChI is InChI=1S/C24H23ClN8O2.C4H10/c1-3-20-23(30-16(2)32-8-10-34-11-9-32)24(28-14-26-20)31-17-4-5-21(19(25)12-17)35-18-6-7-33-22(13-18)27-15-29-33;1-3-4-2/h3-7,12-15H,2,8-11H2,1H3,(H,26,28,31);3-4H2,1-2H3/b20-3+,30-23+;. The third kappa shape index (κ3) is 7.30. The number of aliphatic imine (C=N–C) groups is 3. The molecule has 1 aromatic carbocycles. The van der Waals surface area contributed by atoms with Crippen molar-refractivity contribution < 1.29 is 9.47 Å². The van der Waals surface area contributed by atoms with E-state index in [0.29, 0.717) is 58.4 Å². The zero-order valence-electron chi connectivity index (χ0n) is 22.5. The number of unbranched alkanes of at least 4 members (excludes halogenated alkanes) is 1. The van der Waals surface area contributed by atoms with Gasteiger partial charge >= 0.3 is 0 Å². The lowest BCUT2D eigenvalue weighted by Gasteiger charge is -2.28. The molecular weight excluding hydrogens is 516 g/mol. The van der Waals surface area contributed by atoms with Crippen LogP contribution in [0, 0.1) is 0 Å². The van der Waals surface area contributed by atoms with E-state index in [4.69, 9.17) is 26.1 Å². The molecule has 1 N–H and O–H groups in total. The molecule has 0 aliphatic carbocycles. The minimum atomic E-state index is 0.434. The van der Waals surface area contributed by atoms with E-state index in [1.807, 2.05) is 19.1 Å². The summed E-state index contributed by atoms with van der Waals surface area (Å²) in [5.41, 5.74) is 2.71. The van der Waals surface area contributed by atoms with Gasteiger partial charge in [-0.25, -0.2) is 24.5 Å². The van der Waals surface area contributed by atoms with E-state index >= 15 is 0 Å². The van der Waals surface area contributed by atoms with Gasteiger partial charge in [-0.15, -0.1) is 0 Å². The summed E-state index contributed by atoms with van der Waals surface area (Å²) in [6, 6.07) is 8.99. The molecule has 0 saturated carbocycles. The molecule has 1 saturated heterocycles. The Morgan fingerprint density at radius 3 is 2.72 bits per heavy atom. The number of hydrogen-bond acceptors (Lipinski definition) is 9. The second kappa shape index (κ2) is 13.7. The van der Waals surface area contributed by atoms with Crippen LogP contribution >= 0.6 is 11.6 Å². The van der Waals surface area contributed by atoms with Crippen LogP contribution in [-0.2, 0) is 4.74 Å². The highest BCUT2D eigenvalue weighted by atomic mass is 35.5. The van der Waals surface area contributed by atoms with Gasteiger partial charge in [-0.3, -0.25) is 0 Å². The lowest BCUT2D eigenvalue weighted by atomic mass is 10.2. The van der Waals surface area contributed by atoms with Crippen molar-refractivity contribution in [2.24, 2.45) is 15.0 Å². The van der Waals surface area contributed by atoms with Crippen molar-refractivity contribution in [1.29, 1.82) is 0 Å². The van der Waals surface area contributed by atoms with Gasteiger partial charge in [0.15, 0.2) is 11.5 Å². The molecule has 0 unspecified atom stereocenters. The molecular formula is C28H33ClN8O2. The van der Waals surface area contributed by atoms with Gasteiger partial charge in [0.2, 0.25) is 0 Å². The van der Waals surface area contributed by atoms with Crippen LogP contribution in [0.25, 0.3) is 5.65 Å². The number of anilines is 1. The van der Waals surface area contributed by atoms with E-state index in [2.05, 4.69) is 50.7 Å². The SMILES string of the molecule is C=C(/N=C1/C(Nc2ccc(Oc3ccn4ncnc4c3)c(Cl)c2)=NC=N/C1=C/C)N1CCOCC1.CCCC. The van der Waals surface area contributed by atoms with Crippen LogP contribution in [0.15, 0.2) is 82.0 Å². The zero-order valence-corrected chi connectivity index (χ0v) is 23.2. The van der Waals surface area contributed by atoms with Gasteiger partial charge in [-0.05, 0) is 31.2 Å². The number of halogens is 1. The summed E-state index contributed by atoms with van der Waals surface area (Å²) < 4.78 is 13.0. The summed E-state index contributed by atoms with van der Waals surface area (Å²) >= 11 is 6.53. The summed E-state index contributed by atoms with van der Waals surface area (Å²) in [6.07, 6.45) is 9.27. The van der Waals surface area contributed by atoms with Crippen molar-refractivity contribution in [2.45, 2.75) is 33.6 Å². The fraction of sp³-hybridized carbons (Fsp3) is 0.321. The maximum Gasteiger partial charge on any atom is 0.160 e. The third-order valence-corrected chi connectivity index (χ3v) is 6.21. The van der Waals surface area contributed by atoms with Gasteiger partial charge in [0.1, 0.15) is 35.7 Å². The molecule has 2 aromatic heterocycles. The van der Waals surface area contributed by atoms with E-state index in [9.17, 15) is 0 Å². The van der Waals surface area contributed by atoms with Crippen molar-refractivity contribution in [3.63, 3.8) is 0 Å². The van der Waals surface area contributed by atoms with E-state index in [0.717, 1.165) is 18.8 Å². The molecule has 4 heterocycles. The maximum atomic E-state index is 6.53. The summed E-state index contributed by atoms with van der Waals surface area (Å²) in [7, 11) is 0. The molecule has 0 radical (unpaired) electrons. The molecule has 0 amide bonds. The Balaban J connectivity index is 0.000000826. The zero-order chi connectivity index (χ0) is 27.6. The summed E-state index contributed by atoms with van der Waals surface area (Å²) in [6.45, 7) is 13.2. The smallest absolute Gasteiger partial charge is 0.160 e. The van der Waals surface area contributed by atoms with Crippen LogP contribution in [0.1, 0.15) is 33.6 Å². The minimum Gasteiger partial charge on any atom is -0.456 e. The molecule has 2 aliphatic heterocycles. The number of morpholine rings is 1. The van der Waals surface area contributed by atoms with Gasteiger partial charge in [-0.2, -0.15) is 5.10 Å². The molecule has 1 fully saturated rings. The molecule has 0 bridgehead atoms. The van der Waals surface area contributed by atoms with Gasteiger partial charge in [-0.1, -0.05) is 50.9 Å². The number of benzene rings is 1. The normalized spacial score (nSPS) is 17.1. The van der Waals surface area contributed by atoms with Gasteiger partial charge in [0.25, 0.3) is 0 Å². The first-order valence-electron chi connectivity index (χ1n) is 12.9. The molecule has 5 rings (SSSR count). The first kappa shape index (κ1) is 28.0. The molecule has 2 aliphatic rings. The predicted octanol–water partition coefficient (Wildman–Crippen LogP) is 5.98. The molecule has 3 aromatic rings. The highest BCUT2D eigenvalue weighted by Gasteiger charge is 2.20. The number of aromatic nitrogens is 3. The van der Waals surface area contributed by atoms with Crippen LogP contribution in [0.5, 0.6) is 11.5 Å². The van der Waals surface area contributed by atoms with E-state index in [1.165, 1.54) is 25.5 Å². The first-order valence-corrected chi connectivity index (χ1v) is 13.3. The van der Waals surface area contributed by atoms with Crippen molar-refractivity contribution in [3.8, 4) is 11.5 Å². The molecule has 39 heavy (non-hydrogen) atoms. The lowest BCUT2D eigenvalue weighted by molar-refractivity contribution is 0.0534. The molecule has 10 nitrogen and oxygen atoms in total. The molecule has 11 heteroatoms. The third-order valence-electron chi connectivity index (χ3n) is 5.92. The quantitative estimate of drug-likeness (QED) is 0.406. The van der Waals surface area contributed by atoms with Crippen LogP contribution in [0.4, 0.5) is 5.69 Å². The molecule has 204 valence electrons. The minimum absolute atomic E-state index is 0.434. The van der Waals surface area contributed by atoms with Crippen LogP contribution in [0.2, 0.25) is 5.02 Å². The highest BCUT2D eigenvalue weighted by Crippen LogP contribution is 2.32. The van der Waals surface area contributed by atoms with Gasteiger partial charge in [0, 0.05) is 31.0 Å². The monoisotopic (exact) mass is 548 g/mol. The summed E-state index contributed by atoms with van der Waals surface area (Å²) in [4.78, 5) is 19.8. The Morgan fingerprint density at radius 2 is 2.00 bits per heavy atom. The van der Waals surface area contributed by atoms with E-state index < -0.39 is 0 Å². The Bertz CT molecular complexity index is 1420. The van der Waals surface area contributed by atoms with Crippen molar-refractivity contribution in [1.82, 2.24) is 19.5 Å². The number of nitrogens with zero attached hydrogens (tertiary/aromatic N) is 7. The first-order chi connectivity index (χ1) is 19.0. The molecule has 0 spiro atoms. The van der Waals surface area contributed by atoms with Crippen LogP contribution in [-0.4, -0.2) is 63.7 Å². The second-order valence-corrected chi connectivity index (χ2v) is 9.08. The second-order valence-electron chi connectivity index (χ2n) is 8.67. The van der Waals surface area contributed by atoms with Crippen molar-refractivity contribution in [2.75, 3.05) is 31.6 Å². The van der Waals surface area contributed by atoms with Crippen molar-refractivity contribution >= 4 is 40.8 Å². The van der Waals surface area contributed by atoms with E-state index in [1.54, 1.807) is 35.0 Å². The number of hydrogen-bond donors (Lipinski definition) is 1. The number of rotatable bonds is 6. The molecule has 0 atom stereocenters. The van der Waals surface area contributed by atoms with Crippen molar-refractivity contribution in [3.05, 3.63) is 72.1 Å². The lowest BCUT2D eigenvalue weighted by Crippen LogP contribution is -2.36. The number of fused-ring (bicyclic) bond motifs is 1. The van der Waals surface area contributed by atoms with E-state index in [-0.39, 0.29) is 0 Å². The fourth-order valence-electron chi connectivity index (χ4n) is 3.61. The number of allylic oxidation sites excluding steroid dienone is 1. The number of ether oxygens (including phenoxy) is 2. The Labute approximate surface area is 233 Å². The average molecular weight is 549 g/mol. The summed E-state index contributed by atoms with van der Waals surface area (Å²) in [5, 5.41) is 7.81. The number of nitrogens with one attached hydrogen (secondary N) is 1.